The summed E-state index contributed by atoms with van der Waals surface area (Å²) in [5, 5.41) is 9.65. The molecule has 29 heavy (non-hydrogen) atoms. The van der Waals surface area contributed by atoms with Crippen molar-refractivity contribution in [1.29, 1.82) is 0 Å². The number of ether oxygens (including phenoxy) is 2. The van der Waals surface area contributed by atoms with Gasteiger partial charge in [-0.1, -0.05) is 41.9 Å². The first-order valence-electron chi connectivity index (χ1n) is 9.64. The zero-order valence-corrected chi connectivity index (χ0v) is 17.8. The molecule has 1 aliphatic heterocycles. The van der Waals surface area contributed by atoms with E-state index >= 15 is 0 Å². The lowest BCUT2D eigenvalue weighted by Crippen LogP contribution is -2.39. The fraction of sp³-hybridized carbons (Fsp3) is 0.409. The molecule has 0 aromatic heterocycles. The molecule has 1 saturated heterocycles. The van der Waals surface area contributed by atoms with E-state index in [9.17, 15) is 4.79 Å². The number of morpholine rings is 1. The molecule has 0 amide bonds. The van der Waals surface area contributed by atoms with E-state index in [-0.39, 0.29) is 24.9 Å². The SMILES string of the molecule is Cl.O=C(O)CCN1CCOC(c2ccc(OCCCc3ccccc3Cl)cc2)C1. The van der Waals surface area contributed by atoms with E-state index in [1.807, 2.05) is 48.5 Å². The number of carboxylic acids is 1. The lowest BCUT2D eigenvalue weighted by atomic mass is 10.1. The minimum atomic E-state index is -0.765. The third-order valence-electron chi connectivity index (χ3n) is 4.86. The van der Waals surface area contributed by atoms with Gasteiger partial charge in [-0.25, -0.2) is 0 Å². The average molecular weight is 440 g/mol. The molecule has 1 atom stereocenters. The first-order chi connectivity index (χ1) is 13.6. The normalized spacial score (nSPS) is 16.8. The van der Waals surface area contributed by atoms with Gasteiger partial charge in [0, 0.05) is 24.7 Å². The van der Waals surface area contributed by atoms with Crippen molar-refractivity contribution in [3.05, 3.63) is 64.7 Å². The second-order valence-corrected chi connectivity index (χ2v) is 7.32. The lowest BCUT2D eigenvalue weighted by Gasteiger charge is -2.32. The predicted octanol–water partition coefficient (Wildman–Crippen LogP) is 4.62. The minimum absolute atomic E-state index is 0. The summed E-state index contributed by atoms with van der Waals surface area (Å²) in [6, 6.07) is 15.9. The molecule has 2 aromatic rings. The van der Waals surface area contributed by atoms with Crippen LogP contribution >= 0.6 is 24.0 Å². The van der Waals surface area contributed by atoms with E-state index < -0.39 is 5.97 Å². The summed E-state index contributed by atoms with van der Waals surface area (Å²) < 4.78 is 11.7. The van der Waals surface area contributed by atoms with Crippen molar-refractivity contribution < 1.29 is 19.4 Å². The van der Waals surface area contributed by atoms with Crippen molar-refractivity contribution in [3.63, 3.8) is 0 Å². The average Bonchev–Trinajstić information content (AvgIpc) is 2.71. The first kappa shape index (κ1) is 23.5. The van der Waals surface area contributed by atoms with Crippen molar-refractivity contribution in [2.45, 2.75) is 25.4 Å². The molecule has 0 saturated carbocycles. The summed E-state index contributed by atoms with van der Waals surface area (Å²) in [6.07, 6.45) is 1.92. The summed E-state index contributed by atoms with van der Waals surface area (Å²) in [5.74, 6) is 0.0699. The highest BCUT2D eigenvalue weighted by Crippen LogP contribution is 2.24. The van der Waals surface area contributed by atoms with Crippen LogP contribution in [0.3, 0.4) is 0 Å². The van der Waals surface area contributed by atoms with Crippen LogP contribution < -0.4 is 4.74 Å². The van der Waals surface area contributed by atoms with Gasteiger partial charge in [-0.15, -0.1) is 12.4 Å². The van der Waals surface area contributed by atoms with E-state index in [0.717, 1.165) is 41.3 Å². The third kappa shape index (κ3) is 7.52. The molecular weight excluding hydrogens is 413 g/mol. The van der Waals surface area contributed by atoms with E-state index in [1.165, 1.54) is 0 Å². The van der Waals surface area contributed by atoms with Crippen LogP contribution in [0.4, 0.5) is 0 Å². The van der Waals surface area contributed by atoms with Crippen LogP contribution in [0.15, 0.2) is 48.5 Å². The summed E-state index contributed by atoms with van der Waals surface area (Å²) in [4.78, 5) is 12.9. The summed E-state index contributed by atoms with van der Waals surface area (Å²) >= 11 is 6.17. The Morgan fingerprint density at radius 2 is 1.97 bits per heavy atom. The van der Waals surface area contributed by atoms with Crippen LogP contribution in [0.5, 0.6) is 5.75 Å². The summed E-state index contributed by atoms with van der Waals surface area (Å²) in [5.41, 5.74) is 2.23. The number of rotatable bonds is 9. The van der Waals surface area contributed by atoms with Crippen molar-refractivity contribution in [3.8, 4) is 5.75 Å². The van der Waals surface area contributed by atoms with Gasteiger partial charge in [0.1, 0.15) is 5.75 Å². The highest BCUT2D eigenvalue weighted by Gasteiger charge is 2.22. The summed E-state index contributed by atoms with van der Waals surface area (Å²) in [6.45, 7) is 3.29. The Morgan fingerprint density at radius 3 is 2.69 bits per heavy atom. The molecule has 0 radical (unpaired) electrons. The molecular formula is C22H27Cl2NO4. The molecule has 1 N–H and O–H groups in total. The van der Waals surface area contributed by atoms with Gasteiger partial charge >= 0.3 is 5.97 Å². The molecule has 1 unspecified atom stereocenters. The number of halogens is 2. The molecule has 0 bridgehead atoms. The first-order valence-corrected chi connectivity index (χ1v) is 10.0. The molecule has 7 heteroatoms. The zero-order chi connectivity index (χ0) is 19.8. The molecule has 158 valence electrons. The lowest BCUT2D eigenvalue weighted by molar-refractivity contribution is -0.137. The molecule has 0 aliphatic carbocycles. The van der Waals surface area contributed by atoms with Crippen molar-refractivity contribution in [2.75, 3.05) is 32.8 Å². The van der Waals surface area contributed by atoms with Gasteiger partial charge in [0.25, 0.3) is 0 Å². The van der Waals surface area contributed by atoms with Crippen molar-refractivity contribution in [2.24, 2.45) is 0 Å². The Hall–Kier alpha value is -1.79. The molecule has 3 rings (SSSR count). The number of aliphatic carboxylic acids is 1. The standard InChI is InChI=1S/C22H26ClNO4.ClH/c23-20-6-2-1-4-17(20)5-3-14-27-19-9-7-18(8-10-19)21-16-24(13-15-28-21)12-11-22(25)26;/h1-2,4,6-10,21H,3,5,11-16H2,(H,25,26);1H. The Morgan fingerprint density at radius 1 is 1.21 bits per heavy atom. The van der Waals surface area contributed by atoms with Gasteiger partial charge in [-0.3, -0.25) is 9.69 Å². The van der Waals surface area contributed by atoms with Crippen LogP contribution in [0, 0.1) is 0 Å². The maximum atomic E-state index is 10.8. The van der Waals surface area contributed by atoms with Crippen molar-refractivity contribution in [1.82, 2.24) is 4.90 Å². The number of carboxylic acid groups (broad SMARTS) is 1. The maximum Gasteiger partial charge on any atom is 0.304 e. The van der Waals surface area contributed by atoms with Gasteiger partial charge in [-0.05, 0) is 42.2 Å². The molecule has 1 heterocycles. The van der Waals surface area contributed by atoms with E-state index in [0.29, 0.717) is 26.3 Å². The monoisotopic (exact) mass is 439 g/mol. The number of hydrogen-bond acceptors (Lipinski definition) is 4. The molecule has 1 fully saturated rings. The smallest absolute Gasteiger partial charge is 0.304 e. The quantitative estimate of drug-likeness (QED) is 0.577. The number of aryl methyl sites for hydroxylation is 1. The van der Waals surface area contributed by atoms with E-state index in [2.05, 4.69) is 4.90 Å². The Balaban J connectivity index is 0.00000300. The number of nitrogens with zero attached hydrogens (tertiary/aromatic N) is 1. The van der Waals surface area contributed by atoms with Crippen LogP contribution in [0.1, 0.15) is 30.1 Å². The van der Waals surface area contributed by atoms with Gasteiger partial charge in [-0.2, -0.15) is 0 Å². The molecule has 5 nitrogen and oxygen atoms in total. The Bertz CT molecular complexity index is 770. The fourth-order valence-electron chi connectivity index (χ4n) is 3.29. The van der Waals surface area contributed by atoms with Gasteiger partial charge in [0.05, 0.1) is 25.7 Å². The highest BCUT2D eigenvalue weighted by molar-refractivity contribution is 6.31. The maximum absolute atomic E-state index is 10.8. The van der Waals surface area contributed by atoms with Gasteiger partial charge in [0.15, 0.2) is 0 Å². The zero-order valence-electron chi connectivity index (χ0n) is 16.3. The predicted molar refractivity (Wildman–Crippen MR) is 116 cm³/mol. The van der Waals surface area contributed by atoms with Crippen LogP contribution in [-0.4, -0.2) is 48.8 Å². The number of carbonyl (C=O) groups is 1. The second kappa shape index (κ2) is 12.0. The Labute approximate surface area is 183 Å². The van der Waals surface area contributed by atoms with Crippen LogP contribution in [0.2, 0.25) is 5.02 Å². The Kier molecular flexibility index (Phi) is 9.74. The molecule has 2 aromatic carbocycles. The molecule has 0 spiro atoms. The largest absolute Gasteiger partial charge is 0.494 e. The van der Waals surface area contributed by atoms with Crippen LogP contribution in [-0.2, 0) is 16.0 Å². The topological polar surface area (TPSA) is 59.0 Å². The second-order valence-electron chi connectivity index (χ2n) is 6.92. The van der Waals surface area contributed by atoms with E-state index in [4.69, 9.17) is 26.2 Å². The van der Waals surface area contributed by atoms with Gasteiger partial charge in [0.2, 0.25) is 0 Å². The fourth-order valence-corrected chi connectivity index (χ4v) is 3.52. The van der Waals surface area contributed by atoms with Crippen LogP contribution in [0.25, 0.3) is 0 Å². The number of benzene rings is 2. The summed E-state index contributed by atoms with van der Waals surface area (Å²) in [7, 11) is 0. The van der Waals surface area contributed by atoms with Gasteiger partial charge < -0.3 is 14.6 Å². The number of hydrogen-bond donors (Lipinski definition) is 1. The minimum Gasteiger partial charge on any atom is -0.494 e. The third-order valence-corrected chi connectivity index (χ3v) is 5.23. The molecule has 1 aliphatic rings. The highest BCUT2D eigenvalue weighted by atomic mass is 35.5. The van der Waals surface area contributed by atoms with E-state index in [1.54, 1.807) is 0 Å². The van der Waals surface area contributed by atoms with Crippen molar-refractivity contribution >= 4 is 30.0 Å².